The lowest BCUT2D eigenvalue weighted by Gasteiger charge is -2.21. The first-order valence-electron chi connectivity index (χ1n) is 7.45. The van der Waals surface area contributed by atoms with Gasteiger partial charge in [-0.1, -0.05) is 23.7 Å². The molecular weight excluding hydrogens is 332 g/mol. The van der Waals surface area contributed by atoms with Crippen LogP contribution in [0.4, 0.5) is 0 Å². The van der Waals surface area contributed by atoms with Gasteiger partial charge in [-0.2, -0.15) is 5.10 Å². The van der Waals surface area contributed by atoms with E-state index in [1.165, 1.54) is 10.9 Å². The van der Waals surface area contributed by atoms with Gasteiger partial charge in [0, 0.05) is 5.56 Å². The molecule has 24 heavy (non-hydrogen) atoms. The van der Waals surface area contributed by atoms with E-state index in [9.17, 15) is 4.79 Å². The number of halogens is 1. The molecule has 0 bridgehead atoms. The quantitative estimate of drug-likeness (QED) is 0.895. The van der Waals surface area contributed by atoms with Crippen LogP contribution in [0.1, 0.15) is 31.9 Å². The van der Waals surface area contributed by atoms with Gasteiger partial charge in [0.25, 0.3) is 5.56 Å². The summed E-state index contributed by atoms with van der Waals surface area (Å²) in [5, 5.41) is 13.3. The minimum absolute atomic E-state index is 0.00845. The van der Waals surface area contributed by atoms with E-state index >= 15 is 0 Å². The first-order valence-corrected chi connectivity index (χ1v) is 7.83. The van der Waals surface area contributed by atoms with Gasteiger partial charge < -0.3 is 14.6 Å². The van der Waals surface area contributed by atoms with Crippen molar-refractivity contribution < 1.29 is 14.6 Å². The van der Waals surface area contributed by atoms with Crippen molar-refractivity contribution in [1.29, 1.82) is 0 Å². The molecule has 130 valence electrons. The van der Waals surface area contributed by atoms with Crippen molar-refractivity contribution in [1.82, 2.24) is 9.78 Å². The monoisotopic (exact) mass is 352 g/mol. The number of nitrogens with zero attached hydrogens (tertiary/aromatic N) is 2. The molecule has 1 aromatic carbocycles. The Morgan fingerprint density at radius 2 is 2.00 bits per heavy atom. The average Bonchev–Trinajstić information content (AvgIpc) is 2.54. The summed E-state index contributed by atoms with van der Waals surface area (Å²) in [4.78, 5) is 12.3. The Kier molecular flexibility index (Phi) is 5.51. The smallest absolute Gasteiger partial charge is 0.289 e. The third-order valence-electron chi connectivity index (χ3n) is 3.44. The predicted octanol–water partition coefficient (Wildman–Crippen LogP) is 2.73. The van der Waals surface area contributed by atoms with Crippen molar-refractivity contribution in [3.05, 3.63) is 50.9 Å². The van der Waals surface area contributed by atoms with E-state index in [2.05, 4.69) is 5.10 Å². The normalized spacial score (nSPS) is 11.4. The highest BCUT2D eigenvalue weighted by atomic mass is 35.5. The Balaban J connectivity index is 2.24. The molecule has 0 aliphatic carbocycles. The molecule has 0 fully saturated rings. The molecule has 0 amide bonds. The summed E-state index contributed by atoms with van der Waals surface area (Å²) in [6.45, 7) is 5.69. The van der Waals surface area contributed by atoms with Crippen LogP contribution in [0, 0.1) is 0 Å². The molecule has 1 N–H and O–H groups in total. The minimum Gasteiger partial charge on any atom is -0.496 e. The topological polar surface area (TPSA) is 73.6 Å². The maximum absolute atomic E-state index is 12.3. The van der Waals surface area contributed by atoms with Crippen LogP contribution in [0.25, 0.3) is 0 Å². The van der Waals surface area contributed by atoms with Gasteiger partial charge in [-0.25, -0.2) is 4.68 Å². The Hall–Kier alpha value is -2.05. The average molecular weight is 353 g/mol. The molecule has 0 atom stereocenters. The van der Waals surface area contributed by atoms with Gasteiger partial charge in [-0.3, -0.25) is 4.79 Å². The fourth-order valence-corrected chi connectivity index (χ4v) is 2.34. The van der Waals surface area contributed by atoms with Crippen LogP contribution in [0.2, 0.25) is 5.02 Å². The second kappa shape index (κ2) is 7.23. The maximum atomic E-state index is 12.3. The summed E-state index contributed by atoms with van der Waals surface area (Å²) in [5.41, 5.74) is 0.640. The summed E-state index contributed by atoms with van der Waals surface area (Å²) < 4.78 is 12.2. The number of aliphatic hydroxyl groups excluding tert-OH is 1. The van der Waals surface area contributed by atoms with Crippen LogP contribution >= 0.6 is 11.6 Å². The number of ether oxygens (including phenoxy) is 2. The first kappa shape index (κ1) is 18.3. The van der Waals surface area contributed by atoms with Gasteiger partial charge in [0.05, 0.1) is 25.5 Å². The Labute approximate surface area is 145 Å². The number of aliphatic hydroxyl groups is 1. The summed E-state index contributed by atoms with van der Waals surface area (Å²) in [7, 11) is 1.54. The van der Waals surface area contributed by atoms with E-state index in [1.807, 2.05) is 20.8 Å². The molecule has 2 aromatic rings. The number of hydrogen-bond acceptors (Lipinski definition) is 5. The molecule has 0 aliphatic rings. The van der Waals surface area contributed by atoms with Crippen molar-refractivity contribution in [3.63, 3.8) is 0 Å². The molecule has 0 saturated heterocycles. The van der Waals surface area contributed by atoms with Gasteiger partial charge >= 0.3 is 0 Å². The second-order valence-electron chi connectivity index (χ2n) is 6.30. The Morgan fingerprint density at radius 3 is 2.58 bits per heavy atom. The van der Waals surface area contributed by atoms with Gasteiger partial charge in [0.1, 0.15) is 12.4 Å². The number of methoxy groups -OCH3 is 1. The summed E-state index contributed by atoms with van der Waals surface area (Å²) >= 11 is 6.13. The molecule has 0 aliphatic heterocycles. The van der Waals surface area contributed by atoms with Gasteiger partial charge in [-0.15, -0.1) is 0 Å². The lowest BCUT2D eigenvalue weighted by atomic mass is 10.1. The van der Waals surface area contributed by atoms with Gasteiger partial charge in [-0.05, 0) is 32.4 Å². The third kappa shape index (κ3) is 3.88. The standard InChI is InChI=1S/C17H21ClN2O4/c1-17(2,3)20-16(22)15(18)14(8-19-20)24-10-12-6-5-11(9-21)7-13(12)23-4/h5-8,21H,9-10H2,1-4H3. The van der Waals surface area contributed by atoms with E-state index < -0.39 is 11.1 Å². The number of aromatic nitrogens is 2. The van der Waals surface area contributed by atoms with Crippen LogP contribution in [0.3, 0.4) is 0 Å². The maximum Gasteiger partial charge on any atom is 0.289 e. The van der Waals surface area contributed by atoms with E-state index in [4.69, 9.17) is 26.2 Å². The fraction of sp³-hybridized carbons (Fsp3) is 0.412. The second-order valence-corrected chi connectivity index (χ2v) is 6.68. The van der Waals surface area contributed by atoms with Crippen molar-refractivity contribution in [2.24, 2.45) is 0 Å². The number of rotatable bonds is 5. The molecule has 0 unspecified atom stereocenters. The van der Waals surface area contributed by atoms with Crippen molar-refractivity contribution >= 4 is 11.6 Å². The van der Waals surface area contributed by atoms with Crippen LogP contribution in [0.5, 0.6) is 11.5 Å². The molecular formula is C17H21ClN2O4. The zero-order chi connectivity index (χ0) is 17.9. The zero-order valence-corrected chi connectivity index (χ0v) is 14.9. The summed E-state index contributed by atoms with van der Waals surface area (Å²) in [5.74, 6) is 0.809. The Morgan fingerprint density at radius 1 is 1.29 bits per heavy atom. The minimum atomic E-state index is -0.470. The van der Waals surface area contributed by atoms with E-state index in [-0.39, 0.29) is 24.0 Å². The molecule has 2 rings (SSSR count). The lowest BCUT2D eigenvalue weighted by molar-refractivity contribution is 0.277. The number of benzene rings is 1. The highest BCUT2D eigenvalue weighted by Gasteiger charge is 2.20. The van der Waals surface area contributed by atoms with Gasteiger partial charge in [0.15, 0.2) is 10.8 Å². The lowest BCUT2D eigenvalue weighted by Crippen LogP contribution is -2.36. The van der Waals surface area contributed by atoms with Gasteiger partial charge in [0.2, 0.25) is 0 Å². The largest absolute Gasteiger partial charge is 0.496 e. The highest BCUT2D eigenvalue weighted by molar-refractivity contribution is 6.31. The number of hydrogen-bond donors (Lipinski definition) is 1. The molecule has 0 saturated carbocycles. The van der Waals surface area contributed by atoms with Crippen LogP contribution in [0.15, 0.2) is 29.2 Å². The van der Waals surface area contributed by atoms with Crippen LogP contribution < -0.4 is 15.0 Å². The molecule has 6 nitrogen and oxygen atoms in total. The fourth-order valence-electron chi connectivity index (χ4n) is 2.16. The molecule has 7 heteroatoms. The molecule has 0 radical (unpaired) electrons. The van der Waals surface area contributed by atoms with Crippen molar-refractivity contribution in [2.75, 3.05) is 7.11 Å². The molecule has 1 aromatic heterocycles. The molecule has 1 heterocycles. The molecule has 0 spiro atoms. The predicted molar refractivity (Wildman–Crippen MR) is 91.8 cm³/mol. The van der Waals surface area contributed by atoms with Crippen molar-refractivity contribution in [3.8, 4) is 11.5 Å². The van der Waals surface area contributed by atoms with E-state index in [0.29, 0.717) is 5.75 Å². The van der Waals surface area contributed by atoms with Crippen molar-refractivity contribution in [2.45, 2.75) is 39.5 Å². The Bertz CT molecular complexity index is 781. The van der Waals surface area contributed by atoms with E-state index in [1.54, 1.807) is 25.3 Å². The summed E-state index contributed by atoms with van der Waals surface area (Å²) in [6, 6.07) is 5.30. The highest BCUT2D eigenvalue weighted by Crippen LogP contribution is 2.25. The van der Waals surface area contributed by atoms with E-state index in [0.717, 1.165) is 11.1 Å². The summed E-state index contributed by atoms with van der Waals surface area (Å²) in [6.07, 6.45) is 1.43. The van der Waals surface area contributed by atoms with Crippen LogP contribution in [-0.4, -0.2) is 22.0 Å². The third-order valence-corrected chi connectivity index (χ3v) is 3.79. The SMILES string of the molecule is COc1cc(CO)ccc1COc1cnn(C(C)(C)C)c(=O)c1Cl. The zero-order valence-electron chi connectivity index (χ0n) is 14.2. The van der Waals surface area contributed by atoms with Crippen LogP contribution in [-0.2, 0) is 18.8 Å². The first-order chi connectivity index (χ1) is 11.3.